The molecular weight excluding hydrogens is 435 g/mol. The van der Waals surface area contributed by atoms with E-state index in [-0.39, 0.29) is 28.6 Å². The lowest BCUT2D eigenvalue weighted by molar-refractivity contribution is -0.384. The highest BCUT2D eigenvalue weighted by Crippen LogP contribution is 2.27. The summed E-state index contributed by atoms with van der Waals surface area (Å²) >= 11 is 2.17. The van der Waals surface area contributed by atoms with Crippen LogP contribution in [0.4, 0.5) is 5.69 Å². The summed E-state index contributed by atoms with van der Waals surface area (Å²) in [7, 11) is -3.71. The van der Waals surface area contributed by atoms with Crippen molar-refractivity contribution < 1.29 is 18.1 Å². The molecule has 128 valence electrons. The molecule has 1 aromatic rings. The van der Waals surface area contributed by atoms with Gasteiger partial charge in [-0.3, -0.25) is 10.1 Å². The lowest BCUT2D eigenvalue weighted by Gasteiger charge is -2.40. The first-order valence-corrected chi connectivity index (χ1v) is 10.2. The maximum atomic E-state index is 12.9. The average Bonchev–Trinajstić information content (AvgIpc) is 2.54. The van der Waals surface area contributed by atoms with Gasteiger partial charge in [-0.25, -0.2) is 8.42 Å². The minimum absolute atomic E-state index is 0.0721. The summed E-state index contributed by atoms with van der Waals surface area (Å²) < 4.78 is 33.8. The zero-order valence-corrected chi connectivity index (χ0v) is 15.9. The zero-order valence-electron chi connectivity index (χ0n) is 12.9. The first-order valence-electron chi connectivity index (χ1n) is 7.21. The summed E-state index contributed by atoms with van der Waals surface area (Å²) in [5, 5.41) is 10.7. The van der Waals surface area contributed by atoms with Crippen molar-refractivity contribution in [2.24, 2.45) is 5.92 Å². The second-order valence-corrected chi connectivity index (χ2v) is 8.52. The van der Waals surface area contributed by atoms with Crippen molar-refractivity contribution in [3.8, 4) is 0 Å². The standard InChI is InChI=1S/C14H19IN2O5S/c1-10(2)14-9-22-12(7-15)8-16(14)23(20,21)13-5-3-11(4-6-13)17(18)19/h3-6,10,12,14H,7-9H2,1-2H3/t12-,14-/m1/s1. The number of non-ortho nitro benzene ring substituents is 1. The molecule has 0 amide bonds. The number of nitrogens with zero attached hydrogens (tertiary/aromatic N) is 2. The Morgan fingerprint density at radius 3 is 2.48 bits per heavy atom. The number of benzene rings is 1. The van der Waals surface area contributed by atoms with Crippen LogP contribution in [0.1, 0.15) is 13.8 Å². The number of halogens is 1. The molecule has 2 rings (SSSR count). The molecule has 1 aliphatic heterocycles. The van der Waals surface area contributed by atoms with Crippen molar-refractivity contribution in [2.45, 2.75) is 30.9 Å². The fourth-order valence-corrected chi connectivity index (χ4v) is 4.78. The summed E-state index contributed by atoms with van der Waals surface area (Å²) in [6.07, 6.45) is -0.140. The highest BCUT2D eigenvalue weighted by molar-refractivity contribution is 14.1. The fraction of sp³-hybridized carbons (Fsp3) is 0.571. The van der Waals surface area contributed by atoms with Crippen LogP contribution in [-0.4, -0.2) is 47.4 Å². The van der Waals surface area contributed by atoms with Gasteiger partial charge in [0.25, 0.3) is 5.69 Å². The summed E-state index contributed by atoms with van der Waals surface area (Å²) in [5.41, 5.74) is -0.128. The highest BCUT2D eigenvalue weighted by atomic mass is 127. The zero-order chi connectivity index (χ0) is 17.2. The van der Waals surface area contributed by atoms with E-state index in [1.54, 1.807) is 0 Å². The lowest BCUT2D eigenvalue weighted by Crippen LogP contribution is -2.54. The first-order chi connectivity index (χ1) is 10.8. The Morgan fingerprint density at radius 2 is 2.00 bits per heavy atom. The van der Waals surface area contributed by atoms with Crippen LogP contribution in [0.2, 0.25) is 0 Å². The van der Waals surface area contributed by atoms with Gasteiger partial charge in [-0.15, -0.1) is 0 Å². The largest absolute Gasteiger partial charge is 0.374 e. The topological polar surface area (TPSA) is 89.8 Å². The number of nitro benzene ring substituents is 1. The summed E-state index contributed by atoms with van der Waals surface area (Å²) in [4.78, 5) is 10.2. The molecule has 1 aliphatic rings. The smallest absolute Gasteiger partial charge is 0.269 e. The van der Waals surface area contributed by atoms with Gasteiger partial charge in [0, 0.05) is 23.1 Å². The molecule has 0 bridgehead atoms. The van der Waals surface area contributed by atoms with Crippen LogP contribution in [0.25, 0.3) is 0 Å². The molecule has 1 fully saturated rings. The van der Waals surface area contributed by atoms with E-state index in [1.165, 1.54) is 28.6 Å². The molecule has 0 saturated carbocycles. The SMILES string of the molecule is CC(C)[C@H]1CO[C@H](CI)CN1S(=O)(=O)c1ccc([N+](=O)[O-])cc1. The van der Waals surface area contributed by atoms with Gasteiger partial charge < -0.3 is 4.74 Å². The number of rotatable bonds is 5. The van der Waals surface area contributed by atoms with Crippen molar-refractivity contribution in [3.05, 3.63) is 34.4 Å². The molecule has 1 aromatic carbocycles. The van der Waals surface area contributed by atoms with E-state index in [4.69, 9.17) is 4.74 Å². The number of hydrogen-bond acceptors (Lipinski definition) is 5. The van der Waals surface area contributed by atoms with Crippen LogP contribution < -0.4 is 0 Å². The van der Waals surface area contributed by atoms with Crippen molar-refractivity contribution in [1.29, 1.82) is 0 Å². The van der Waals surface area contributed by atoms with Crippen LogP contribution in [0.3, 0.4) is 0 Å². The van der Waals surface area contributed by atoms with E-state index in [9.17, 15) is 18.5 Å². The molecule has 2 atom stereocenters. The Balaban J connectivity index is 2.35. The van der Waals surface area contributed by atoms with Gasteiger partial charge in [-0.05, 0) is 18.1 Å². The molecular formula is C14H19IN2O5S. The number of alkyl halides is 1. The molecule has 0 unspecified atom stereocenters. The maximum Gasteiger partial charge on any atom is 0.269 e. The molecule has 1 heterocycles. The maximum absolute atomic E-state index is 12.9. The third-order valence-electron chi connectivity index (χ3n) is 3.85. The van der Waals surface area contributed by atoms with E-state index >= 15 is 0 Å². The Bertz CT molecular complexity index is 662. The average molecular weight is 454 g/mol. The van der Waals surface area contributed by atoms with E-state index in [0.717, 1.165) is 0 Å². The van der Waals surface area contributed by atoms with Gasteiger partial charge in [-0.2, -0.15) is 4.31 Å². The van der Waals surface area contributed by atoms with Gasteiger partial charge in [0.2, 0.25) is 10.0 Å². The van der Waals surface area contributed by atoms with E-state index in [0.29, 0.717) is 17.6 Å². The molecule has 0 N–H and O–H groups in total. The third-order valence-corrected chi connectivity index (χ3v) is 6.74. The predicted molar refractivity (Wildman–Crippen MR) is 94.2 cm³/mol. The van der Waals surface area contributed by atoms with Gasteiger partial charge >= 0.3 is 0 Å². The van der Waals surface area contributed by atoms with Crippen LogP contribution in [0.15, 0.2) is 29.2 Å². The van der Waals surface area contributed by atoms with Crippen LogP contribution in [-0.2, 0) is 14.8 Å². The number of morpholine rings is 1. The Labute approximate surface area is 149 Å². The Kier molecular flexibility index (Phi) is 5.98. The minimum atomic E-state index is -3.71. The molecule has 1 saturated heterocycles. The van der Waals surface area contributed by atoms with Crippen molar-refractivity contribution in [2.75, 3.05) is 17.6 Å². The second kappa shape index (κ2) is 7.41. The molecule has 0 spiro atoms. The summed E-state index contributed by atoms with van der Waals surface area (Å²) in [5.74, 6) is 0.109. The van der Waals surface area contributed by atoms with Crippen molar-refractivity contribution in [1.82, 2.24) is 4.31 Å². The molecule has 0 radical (unpaired) electrons. The normalized spacial score (nSPS) is 23.1. The van der Waals surface area contributed by atoms with E-state index in [2.05, 4.69) is 22.6 Å². The summed E-state index contributed by atoms with van der Waals surface area (Å²) in [6.45, 7) is 4.57. The minimum Gasteiger partial charge on any atom is -0.374 e. The molecule has 0 aromatic heterocycles. The van der Waals surface area contributed by atoms with Crippen molar-refractivity contribution >= 4 is 38.3 Å². The van der Waals surface area contributed by atoms with Gasteiger partial charge in [0.1, 0.15) is 0 Å². The number of nitro groups is 1. The fourth-order valence-electron chi connectivity index (χ4n) is 2.48. The van der Waals surface area contributed by atoms with Crippen LogP contribution in [0.5, 0.6) is 0 Å². The molecule has 0 aliphatic carbocycles. The number of hydrogen-bond donors (Lipinski definition) is 0. The molecule has 7 nitrogen and oxygen atoms in total. The quantitative estimate of drug-likeness (QED) is 0.295. The van der Waals surface area contributed by atoms with E-state index in [1.807, 2.05) is 13.8 Å². The third kappa shape index (κ3) is 4.01. The van der Waals surface area contributed by atoms with E-state index < -0.39 is 14.9 Å². The van der Waals surface area contributed by atoms with Crippen LogP contribution >= 0.6 is 22.6 Å². The monoisotopic (exact) mass is 454 g/mol. The van der Waals surface area contributed by atoms with Crippen LogP contribution in [0, 0.1) is 16.0 Å². The lowest BCUT2D eigenvalue weighted by atomic mass is 10.0. The predicted octanol–water partition coefficient (Wildman–Crippen LogP) is 2.44. The molecule has 23 heavy (non-hydrogen) atoms. The Morgan fingerprint density at radius 1 is 1.39 bits per heavy atom. The Hall–Kier alpha value is -0.780. The molecule has 9 heteroatoms. The highest BCUT2D eigenvalue weighted by Gasteiger charge is 2.38. The van der Waals surface area contributed by atoms with Gasteiger partial charge in [0.05, 0.1) is 28.6 Å². The second-order valence-electron chi connectivity index (χ2n) is 5.75. The van der Waals surface area contributed by atoms with Gasteiger partial charge in [0.15, 0.2) is 0 Å². The number of ether oxygens (including phenoxy) is 1. The van der Waals surface area contributed by atoms with Gasteiger partial charge in [-0.1, -0.05) is 36.4 Å². The number of sulfonamides is 1. The summed E-state index contributed by atoms with van der Waals surface area (Å²) in [6, 6.07) is 4.77. The van der Waals surface area contributed by atoms with Crippen molar-refractivity contribution in [3.63, 3.8) is 0 Å². The first kappa shape index (κ1) is 18.6.